The standard InChI is InChI=1S/C18H19ClN2O2/c1-12(16-8-3-4-9-17(16)19)20-11-18(23)21-15-7-5-6-14(10-15)13(2)22/h3-10,12,20H,11H2,1-2H3,(H,21,23)/p+1/t12-/m0/s1. The zero-order valence-corrected chi connectivity index (χ0v) is 13.9. The third-order valence-corrected chi connectivity index (χ3v) is 3.95. The number of rotatable bonds is 6. The molecule has 0 saturated carbocycles. The average Bonchev–Trinajstić information content (AvgIpc) is 2.53. The fraction of sp³-hybridized carbons (Fsp3) is 0.222. The quantitative estimate of drug-likeness (QED) is 0.799. The number of carbonyl (C=O) groups is 2. The molecule has 0 heterocycles. The molecule has 0 aliphatic rings. The van der Waals surface area contributed by atoms with Gasteiger partial charge in [-0.3, -0.25) is 9.59 Å². The summed E-state index contributed by atoms with van der Waals surface area (Å²) in [6, 6.07) is 14.6. The van der Waals surface area contributed by atoms with Crippen LogP contribution in [0.5, 0.6) is 0 Å². The van der Waals surface area contributed by atoms with E-state index in [0.29, 0.717) is 16.3 Å². The molecular formula is C18H20ClN2O2+. The second-order valence-corrected chi connectivity index (χ2v) is 5.84. The van der Waals surface area contributed by atoms with Crippen LogP contribution in [0, 0.1) is 0 Å². The van der Waals surface area contributed by atoms with Crippen LogP contribution < -0.4 is 10.6 Å². The van der Waals surface area contributed by atoms with Crippen molar-refractivity contribution >= 4 is 29.0 Å². The molecule has 1 atom stereocenters. The van der Waals surface area contributed by atoms with Crippen LogP contribution >= 0.6 is 11.6 Å². The summed E-state index contributed by atoms with van der Waals surface area (Å²) in [5, 5.41) is 5.43. The predicted octanol–water partition coefficient (Wildman–Crippen LogP) is 2.81. The number of hydrogen-bond acceptors (Lipinski definition) is 2. The van der Waals surface area contributed by atoms with E-state index in [1.807, 2.05) is 36.5 Å². The molecule has 2 aromatic carbocycles. The number of nitrogens with one attached hydrogen (secondary N) is 1. The molecule has 1 amide bonds. The molecule has 0 bridgehead atoms. The SMILES string of the molecule is CC(=O)c1cccc(NC(=O)C[NH2+][C@@H](C)c2ccccc2Cl)c1. The first-order chi connectivity index (χ1) is 11.0. The van der Waals surface area contributed by atoms with Gasteiger partial charge in [-0.1, -0.05) is 41.9 Å². The monoisotopic (exact) mass is 331 g/mol. The summed E-state index contributed by atoms with van der Waals surface area (Å²) >= 11 is 6.16. The summed E-state index contributed by atoms with van der Waals surface area (Å²) in [5.41, 5.74) is 2.21. The van der Waals surface area contributed by atoms with Crippen LogP contribution in [0.2, 0.25) is 5.02 Å². The number of ketones is 1. The molecular weight excluding hydrogens is 312 g/mol. The topological polar surface area (TPSA) is 62.8 Å². The number of Topliss-reactive ketones (excluding diaryl/α,β-unsaturated/α-hetero) is 1. The Kier molecular flexibility index (Phi) is 5.90. The first kappa shape index (κ1) is 17.2. The molecule has 0 aliphatic heterocycles. The zero-order valence-electron chi connectivity index (χ0n) is 13.2. The maximum Gasteiger partial charge on any atom is 0.279 e. The van der Waals surface area contributed by atoms with E-state index in [2.05, 4.69) is 5.32 Å². The highest BCUT2D eigenvalue weighted by molar-refractivity contribution is 6.31. The summed E-state index contributed by atoms with van der Waals surface area (Å²) < 4.78 is 0. The molecule has 0 aromatic heterocycles. The van der Waals surface area contributed by atoms with Gasteiger partial charge >= 0.3 is 0 Å². The minimum absolute atomic E-state index is 0.0278. The van der Waals surface area contributed by atoms with Crippen molar-refractivity contribution in [2.24, 2.45) is 0 Å². The van der Waals surface area contributed by atoms with Crippen molar-refractivity contribution in [2.45, 2.75) is 19.9 Å². The Morgan fingerprint density at radius 3 is 2.61 bits per heavy atom. The first-order valence-corrected chi connectivity index (χ1v) is 7.84. The molecule has 0 spiro atoms. The van der Waals surface area contributed by atoms with Crippen molar-refractivity contribution in [3.05, 3.63) is 64.7 Å². The van der Waals surface area contributed by atoms with Crippen molar-refractivity contribution in [1.29, 1.82) is 0 Å². The lowest BCUT2D eigenvalue weighted by atomic mass is 10.1. The van der Waals surface area contributed by atoms with E-state index in [1.54, 1.807) is 24.3 Å². The number of benzene rings is 2. The van der Waals surface area contributed by atoms with E-state index >= 15 is 0 Å². The number of nitrogens with two attached hydrogens (primary N) is 1. The number of carbonyl (C=O) groups excluding carboxylic acids is 2. The Balaban J connectivity index is 1.91. The number of amides is 1. The van der Waals surface area contributed by atoms with Gasteiger partial charge in [0.05, 0.1) is 0 Å². The van der Waals surface area contributed by atoms with Gasteiger partial charge in [0.1, 0.15) is 6.04 Å². The van der Waals surface area contributed by atoms with Gasteiger partial charge in [-0.2, -0.15) is 0 Å². The number of quaternary nitrogens is 1. The fourth-order valence-corrected chi connectivity index (χ4v) is 2.59. The lowest BCUT2D eigenvalue weighted by Gasteiger charge is -2.12. The Hall–Kier alpha value is -2.17. The van der Waals surface area contributed by atoms with Gasteiger partial charge in [-0.15, -0.1) is 0 Å². The fourth-order valence-electron chi connectivity index (χ4n) is 2.28. The molecule has 4 nitrogen and oxygen atoms in total. The van der Waals surface area contributed by atoms with Crippen molar-refractivity contribution < 1.29 is 14.9 Å². The lowest BCUT2D eigenvalue weighted by Crippen LogP contribution is -2.86. The molecule has 3 N–H and O–H groups in total. The van der Waals surface area contributed by atoms with Gasteiger partial charge in [0.2, 0.25) is 0 Å². The van der Waals surface area contributed by atoms with E-state index in [0.717, 1.165) is 5.56 Å². The van der Waals surface area contributed by atoms with E-state index in [9.17, 15) is 9.59 Å². The minimum Gasteiger partial charge on any atom is -0.332 e. The molecule has 0 fully saturated rings. The summed E-state index contributed by atoms with van der Waals surface area (Å²) in [7, 11) is 0. The highest BCUT2D eigenvalue weighted by Gasteiger charge is 2.14. The minimum atomic E-state index is -0.121. The maximum atomic E-state index is 12.1. The second kappa shape index (κ2) is 7.90. The van der Waals surface area contributed by atoms with E-state index in [1.165, 1.54) is 6.92 Å². The van der Waals surface area contributed by atoms with E-state index < -0.39 is 0 Å². The zero-order chi connectivity index (χ0) is 16.8. The van der Waals surface area contributed by atoms with Crippen LogP contribution in [0.3, 0.4) is 0 Å². The number of anilines is 1. The number of hydrogen-bond donors (Lipinski definition) is 2. The smallest absolute Gasteiger partial charge is 0.279 e. The Morgan fingerprint density at radius 1 is 1.17 bits per heavy atom. The molecule has 5 heteroatoms. The van der Waals surface area contributed by atoms with Gasteiger partial charge in [-0.05, 0) is 32.0 Å². The molecule has 23 heavy (non-hydrogen) atoms. The van der Waals surface area contributed by atoms with Gasteiger partial charge in [0.25, 0.3) is 5.91 Å². The molecule has 2 rings (SSSR count). The second-order valence-electron chi connectivity index (χ2n) is 5.44. The number of halogens is 1. The van der Waals surface area contributed by atoms with E-state index in [4.69, 9.17) is 11.6 Å². The first-order valence-electron chi connectivity index (χ1n) is 7.46. The van der Waals surface area contributed by atoms with Crippen LogP contribution in [0.4, 0.5) is 5.69 Å². The van der Waals surface area contributed by atoms with E-state index in [-0.39, 0.29) is 24.3 Å². The summed E-state index contributed by atoms with van der Waals surface area (Å²) in [4.78, 5) is 23.4. The molecule has 0 radical (unpaired) electrons. The van der Waals surface area contributed by atoms with Crippen LogP contribution in [0.25, 0.3) is 0 Å². The molecule has 0 saturated heterocycles. The maximum absolute atomic E-state index is 12.1. The van der Waals surface area contributed by atoms with Gasteiger partial charge < -0.3 is 10.6 Å². The van der Waals surface area contributed by atoms with Gasteiger partial charge in [-0.25, -0.2) is 0 Å². The van der Waals surface area contributed by atoms with Crippen LogP contribution in [-0.4, -0.2) is 18.2 Å². The van der Waals surface area contributed by atoms with Crippen molar-refractivity contribution in [1.82, 2.24) is 0 Å². The Labute approximate surface area is 140 Å². The van der Waals surface area contributed by atoms with Crippen LogP contribution in [0.15, 0.2) is 48.5 Å². The molecule has 0 aliphatic carbocycles. The third kappa shape index (κ3) is 4.91. The lowest BCUT2D eigenvalue weighted by molar-refractivity contribution is -0.682. The van der Waals surface area contributed by atoms with Crippen LogP contribution in [0.1, 0.15) is 35.8 Å². The third-order valence-electron chi connectivity index (χ3n) is 3.61. The normalized spacial score (nSPS) is 11.8. The summed E-state index contributed by atoms with van der Waals surface area (Å²) in [5.74, 6) is -0.149. The highest BCUT2D eigenvalue weighted by Crippen LogP contribution is 2.19. The largest absolute Gasteiger partial charge is 0.332 e. The van der Waals surface area contributed by atoms with Crippen molar-refractivity contribution in [2.75, 3.05) is 11.9 Å². The average molecular weight is 332 g/mol. The summed E-state index contributed by atoms with van der Waals surface area (Å²) in [6.07, 6.45) is 0. The molecule has 0 unspecified atom stereocenters. The van der Waals surface area contributed by atoms with Crippen molar-refractivity contribution in [3.63, 3.8) is 0 Å². The summed E-state index contributed by atoms with van der Waals surface area (Å²) in [6.45, 7) is 3.78. The predicted molar refractivity (Wildman–Crippen MR) is 91.7 cm³/mol. The highest BCUT2D eigenvalue weighted by atomic mass is 35.5. The van der Waals surface area contributed by atoms with Crippen molar-refractivity contribution in [3.8, 4) is 0 Å². The van der Waals surface area contributed by atoms with Gasteiger partial charge in [0, 0.05) is 21.8 Å². The Bertz CT molecular complexity index is 716. The van der Waals surface area contributed by atoms with Crippen LogP contribution in [-0.2, 0) is 4.79 Å². The molecule has 120 valence electrons. The van der Waals surface area contributed by atoms with Gasteiger partial charge in [0.15, 0.2) is 12.3 Å². The Morgan fingerprint density at radius 2 is 1.91 bits per heavy atom. The molecule has 2 aromatic rings.